The maximum atomic E-state index is 12.8. The summed E-state index contributed by atoms with van der Waals surface area (Å²) in [6.07, 6.45) is 6.69. The van der Waals surface area contributed by atoms with Crippen LogP contribution in [0.3, 0.4) is 0 Å². The van der Waals surface area contributed by atoms with Gasteiger partial charge < -0.3 is 9.64 Å². The highest BCUT2D eigenvalue weighted by Gasteiger charge is 2.32. The van der Waals surface area contributed by atoms with Crippen molar-refractivity contribution in [2.45, 2.75) is 18.9 Å². The molecule has 3 heterocycles. The maximum absolute atomic E-state index is 12.8. The van der Waals surface area contributed by atoms with Crippen molar-refractivity contribution in [2.24, 2.45) is 0 Å². The van der Waals surface area contributed by atoms with Crippen LogP contribution in [0.5, 0.6) is 11.6 Å². The van der Waals surface area contributed by atoms with Crippen molar-refractivity contribution in [1.82, 2.24) is 19.9 Å². The molecule has 0 saturated carbocycles. The van der Waals surface area contributed by atoms with Crippen molar-refractivity contribution >= 4 is 5.91 Å². The minimum absolute atomic E-state index is 0.0794. The molecule has 1 aromatic carbocycles. The lowest BCUT2D eigenvalue weighted by atomic mass is 10.1. The van der Waals surface area contributed by atoms with E-state index in [1.807, 2.05) is 41.3 Å². The van der Waals surface area contributed by atoms with Gasteiger partial charge in [-0.25, -0.2) is 4.98 Å². The monoisotopic (exact) mass is 346 g/mol. The second-order valence-corrected chi connectivity index (χ2v) is 6.07. The molecule has 1 saturated heterocycles. The fourth-order valence-corrected chi connectivity index (χ4v) is 3.14. The predicted molar refractivity (Wildman–Crippen MR) is 95.8 cm³/mol. The molecule has 4 rings (SSSR count). The van der Waals surface area contributed by atoms with Crippen LogP contribution in [0.15, 0.2) is 67.1 Å². The lowest BCUT2D eigenvalue weighted by Crippen LogP contribution is -2.31. The number of likely N-dealkylation sites (tertiary alicyclic amines) is 1. The number of carbonyl (C=O) groups is 1. The summed E-state index contributed by atoms with van der Waals surface area (Å²) in [6.45, 7) is 0.686. The molecular formula is C20H18N4O2. The number of nitrogens with zero attached hydrogens (tertiary/aromatic N) is 4. The Morgan fingerprint density at radius 2 is 1.92 bits per heavy atom. The first-order chi connectivity index (χ1) is 12.8. The van der Waals surface area contributed by atoms with Crippen molar-refractivity contribution in [1.29, 1.82) is 0 Å². The van der Waals surface area contributed by atoms with Gasteiger partial charge in [0.2, 0.25) is 5.88 Å². The second kappa shape index (κ2) is 7.31. The lowest BCUT2D eigenvalue weighted by Gasteiger charge is -2.24. The van der Waals surface area contributed by atoms with Crippen molar-refractivity contribution in [3.63, 3.8) is 0 Å². The van der Waals surface area contributed by atoms with E-state index in [0.29, 0.717) is 23.9 Å². The van der Waals surface area contributed by atoms with Crippen molar-refractivity contribution in [2.75, 3.05) is 6.54 Å². The minimum Gasteiger partial charge on any atom is -0.437 e. The fraction of sp³-hybridized carbons (Fsp3) is 0.200. The first kappa shape index (κ1) is 16.2. The van der Waals surface area contributed by atoms with E-state index < -0.39 is 0 Å². The molecule has 1 aliphatic heterocycles. The summed E-state index contributed by atoms with van der Waals surface area (Å²) in [5.74, 6) is 1.04. The van der Waals surface area contributed by atoms with E-state index in [1.54, 1.807) is 30.7 Å². The zero-order valence-corrected chi connectivity index (χ0v) is 14.2. The fourth-order valence-electron chi connectivity index (χ4n) is 3.14. The van der Waals surface area contributed by atoms with Gasteiger partial charge in [-0.05, 0) is 37.1 Å². The normalized spacial score (nSPS) is 16.5. The lowest BCUT2D eigenvalue weighted by molar-refractivity contribution is 0.0726. The van der Waals surface area contributed by atoms with Gasteiger partial charge in [-0.1, -0.05) is 24.3 Å². The van der Waals surface area contributed by atoms with Gasteiger partial charge in [-0.3, -0.25) is 14.8 Å². The molecule has 1 fully saturated rings. The Morgan fingerprint density at radius 3 is 2.73 bits per heavy atom. The molecule has 0 unspecified atom stereocenters. The van der Waals surface area contributed by atoms with Crippen LogP contribution in [-0.2, 0) is 0 Å². The summed E-state index contributed by atoms with van der Waals surface area (Å²) >= 11 is 0. The summed E-state index contributed by atoms with van der Waals surface area (Å²) in [5, 5.41) is 0. The first-order valence-electron chi connectivity index (χ1n) is 8.58. The van der Waals surface area contributed by atoms with Crippen LogP contribution in [-0.4, -0.2) is 32.3 Å². The number of rotatable bonds is 4. The second-order valence-electron chi connectivity index (χ2n) is 6.07. The van der Waals surface area contributed by atoms with E-state index in [-0.39, 0.29) is 11.9 Å². The van der Waals surface area contributed by atoms with Crippen LogP contribution in [0.2, 0.25) is 0 Å². The maximum Gasteiger partial charge on any atom is 0.273 e. The van der Waals surface area contributed by atoms with Gasteiger partial charge in [0.1, 0.15) is 11.4 Å². The third-order valence-electron chi connectivity index (χ3n) is 4.34. The smallest absolute Gasteiger partial charge is 0.273 e. The summed E-state index contributed by atoms with van der Waals surface area (Å²) < 4.78 is 5.77. The van der Waals surface area contributed by atoms with Gasteiger partial charge in [0.05, 0.1) is 24.1 Å². The molecule has 130 valence electrons. The summed E-state index contributed by atoms with van der Waals surface area (Å²) in [7, 11) is 0. The average Bonchev–Trinajstić information content (AvgIpc) is 3.19. The van der Waals surface area contributed by atoms with Gasteiger partial charge in [-0.2, -0.15) is 0 Å². The highest BCUT2D eigenvalue weighted by atomic mass is 16.5. The standard InChI is InChI=1S/C20H18N4O2/c25-20(16-9-4-5-11-22-16)24-12-6-10-18(24)17-13-21-14-19(23-17)26-15-7-2-1-3-8-15/h1-5,7-9,11,13-14,18H,6,10,12H2/t18-/m0/s1. The number of para-hydroxylation sites is 1. The molecule has 0 spiro atoms. The molecule has 26 heavy (non-hydrogen) atoms. The van der Waals surface area contributed by atoms with Crippen LogP contribution in [0.1, 0.15) is 35.1 Å². The number of hydrogen-bond donors (Lipinski definition) is 0. The molecule has 0 N–H and O–H groups in total. The zero-order valence-electron chi connectivity index (χ0n) is 14.2. The van der Waals surface area contributed by atoms with Gasteiger partial charge in [0.25, 0.3) is 5.91 Å². The van der Waals surface area contributed by atoms with E-state index in [9.17, 15) is 4.79 Å². The quantitative estimate of drug-likeness (QED) is 0.721. The van der Waals surface area contributed by atoms with E-state index in [1.165, 1.54) is 0 Å². The van der Waals surface area contributed by atoms with E-state index >= 15 is 0 Å². The highest BCUT2D eigenvalue weighted by Crippen LogP contribution is 2.32. The number of amides is 1. The third kappa shape index (κ3) is 3.39. The number of pyridine rings is 1. The van der Waals surface area contributed by atoms with Crippen LogP contribution in [0, 0.1) is 0 Å². The van der Waals surface area contributed by atoms with Crippen LogP contribution in [0.4, 0.5) is 0 Å². The van der Waals surface area contributed by atoms with Crippen LogP contribution < -0.4 is 4.74 Å². The largest absolute Gasteiger partial charge is 0.437 e. The van der Waals surface area contributed by atoms with E-state index in [4.69, 9.17) is 4.74 Å². The Bertz CT molecular complexity index is 887. The first-order valence-corrected chi connectivity index (χ1v) is 8.58. The Kier molecular flexibility index (Phi) is 4.55. The summed E-state index contributed by atoms with van der Waals surface area (Å²) in [4.78, 5) is 27.6. The number of aromatic nitrogens is 3. The SMILES string of the molecule is O=C(c1ccccn1)N1CCC[C@H]1c1cncc(Oc2ccccc2)n1. The highest BCUT2D eigenvalue weighted by molar-refractivity contribution is 5.92. The predicted octanol–water partition coefficient (Wildman–Crippen LogP) is 3.64. The third-order valence-corrected chi connectivity index (χ3v) is 4.34. The molecule has 0 bridgehead atoms. The molecule has 0 aliphatic carbocycles. The molecule has 2 aromatic heterocycles. The Balaban J connectivity index is 1.56. The molecule has 3 aromatic rings. The van der Waals surface area contributed by atoms with E-state index in [0.717, 1.165) is 18.5 Å². The molecule has 0 radical (unpaired) electrons. The van der Waals surface area contributed by atoms with E-state index in [2.05, 4.69) is 15.0 Å². The van der Waals surface area contributed by atoms with Crippen molar-refractivity contribution in [3.8, 4) is 11.6 Å². The number of ether oxygens (including phenoxy) is 1. The zero-order chi connectivity index (χ0) is 17.8. The molecular weight excluding hydrogens is 328 g/mol. The molecule has 6 nitrogen and oxygen atoms in total. The summed E-state index contributed by atoms with van der Waals surface area (Å²) in [5.41, 5.74) is 1.18. The molecule has 1 aliphatic rings. The van der Waals surface area contributed by atoms with Crippen LogP contribution in [0.25, 0.3) is 0 Å². The Hall–Kier alpha value is -3.28. The number of carbonyl (C=O) groups excluding carboxylic acids is 1. The molecule has 1 amide bonds. The Morgan fingerprint density at radius 1 is 1.08 bits per heavy atom. The Labute approximate surface area is 151 Å². The molecule has 6 heteroatoms. The molecule has 1 atom stereocenters. The van der Waals surface area contributed by atoms with Gasteiger partial charge in [-0.15, -0.1) is 0 Å². The topological polar surface area (TPSA) is 68.2 Å². The average molecular weight is 346 g/mol. The summed E-state index contributed by atoms with van der Waals surface area (Å²) in [6, 6.07) is 14.7. The van der Waals surface area contributed by atoms with Crippen molar-refractivity contribution in [3.05, 3.63) is 78.5 Å². The minimum atomic E-state index is -0.115. The van der Waals surface area contributed by atoms with Crippen molar-refractivity contribution < 1.29 is 9.53 Å². The van der Waals surface area contributed by atoms with Gasteiger partial charge >= 0.3 is 0 Å². The number of benzene rings is 1. The van der Waals surface area contributed by atoms with Gasteiger partial charge in [0.15, 0.2) is 0 Å². The van der Waals surface area contributed by atoms with Gasteiger partial charge in [0, 0.05) is 12.7 Å². The number of hydrogen-bond acceptors (Lipinski definition) is 5. The van der Waals surface area contributed by atoms with Crippen LogP contribution >= 0.6 is 0 Å².